The molecule has 2 aromatic heterocycles. The number of halogens is 4. The lowest BCUT2D eigenvalue weighted by atomic mass is 10.1. The molecular formula is C31H33ClF3N9O3. The van der Waals surface area contributed by atoms with E-state index in [0.29, 0.717) is 17.0 Å². The first-order valence-electron chi connectivity index (χ1n) is 15.0. The van der Waals surface area contributed by atoms with Crippen molar-refractivity contribution in [3.63, 3.8) is 0 Å². The molecule has 12 nitrogen and oxygen atoms in total. The summed E-state index contributed by atoms with van der Waals surface area (Å²) in [5, 5.41) is 14.0. The number of amides is 1. The van der Waals surface area contributed by atoms with Crippen LogP contribution >= 0.6 is 11.6 Å². The smallest absolute Gasteiger partial charge is 0.416 e. The molecule has 4 heterocycles. The van der Waals surface area contributed by atoms with Crippen molar-refractivity contribution in [2.45, 2.75) is 37.9 Å². The van der Waals surface area contributed by atoms with Crippen LogP contribution in [-0.2, 0) is 18.0 Å². The molecule has 16 heteroatoms. The predicted molar refractivity (Wildman–Crippen MR) is 171 cm³/mol. The molecule has 1 atom stereocenters. The standard InChI is InChI=1S/C31H33ClF3N9O3/c1-42-8-4-5-20(42)16-46-21-10-18(31(33,34)35)9-19(11-21)40-30-41-28-27(44(30)3)26(32)24(14-39-28)47-23(12-36)22-13-38-25(15-37-22)43(2)29(45)17-6-7-17/h9-15,17,20,36-37H,4-8,16H2,1-3H3,(H,39,40,41)/b23-22+,36-12?/t20-/m1/s1. The number of alkyl halides is 3. The van der Waals surface area contributed by atoms with Gasteiger partial charge in [0.1, 0.15) is 28.6 Å². The van der Waals surface area contributed by atoms with Gasteiger partial charge < -0.3 is 35.0 Å². The average molecular weight is 672 g/mol. The maximum atomic E-state index is 13.8. The van der Waals surface area contributed by atoms with E-state index in [4.69, 9.17) is 26.5 Å². The van der Waals surface area contributed by atoms with Crippen LogP contribution in [0, 0.1) is 11.3 Å². The van der Waals surface area contributed by atoms with Gasteiger partial charge in [0.05, 0.1) is 24.2 Å². The van der Waals surface area contributed by atoms with Crippen LogP contribution in [0.15, 0.2) is 52.9 Å². The third kappa shape index (κ3) is 6.90. The summed E-state index contributed by atoms with van der Waals surface area (Å²) >= 11 is 6.73. The van der Waals surface area contributed by atoms with Crippen LogP contribution in [0.5, 0.6) is 11.5 Å². The lowest BCUT2D eigenvalue weighted by Crippen LogP contribution is -2.30. The van der Waals surface area contributed by atoms with Crippen molar-refractivity contribution in [3.8, 4) is 11.5 Å². The van der Waals surface area contributed by atoms with Crippen LogP contribution in [0.25, 0.3) is 11.2 Å². The fourth-order valence-electron chi connectivity index (χ4n) is 5.39. The zero-order valence-corrected chi connectivity index (χ0v) is 26.6. The zero-order valence-electron chi connectivity index (χ0n) is 25.9. The number of aliphatic imine (C=N–C) groups is 1. The number of ether oxygens (including phenoxy) is 2. The second-order valence-corrected chi connectivity index (χ2v) is 12.0. The molecule has 3 aliphatic rings. The summed E-state index contributed by atoms with van der Waals surface area (Å²) in [7, 11) is 5.26. The maximum absolute atomic E-state index is 13.8. The summed E-state index contributed by atoms with van der Waals surface area (Å²) in [6, 6.07) is 3.60. The van der Waals surface area contributed by atoms with E-state index in [1.54, 1.807) is 24.9 Å². The van der Waals surface area contributed by atoms with Crippen molar-refractivity contribution in [2.24, 2.45) is 18.0 Å². The van der Waals surface area contributed by atoms with Gasteiger partial charge in [0.15, 0.2) is 23.0 Å². The third-order valence-corrected chi connectivity index (χ3v) is 8.67. The van der Waals surface area contributed by atoms with Crippen LogP contribution in [0.3, 0.4) is 0 Å². The van der Waals surface area contributed by atoms with Gasteiger partial charge in [-0.3, -0.25) is 9.69 Å². The van der Waals surface area contributed by atoms with Crippen LogP contribution < -0.4 is 20.1 Å². The summed E-state index contributed by atoms with van der Waals surface area (Å²) in [5.41, 5.74) is 0.176. The Balaban J connectivity index is 1.22. The Labute approximate surface area is 273 Å². The summed E-state index contributed by atoms with van der Waals surface area (Å²) in [4.78, 5) is 29.1. The van der Waals surface area contributed by atoms with Gasteiger partial charge in [0, 0.05) is 44.0 Å². The predicted octanol–water partition coefficient (Wildman–Crippen LogP) is 5.44. The molecule has 1 aliphatic carbocycles. The minimum atomic E-state index is -4.59. The molecule has 47 heavy (non-hydrogen) atoms. The number of nitrogens with one attached hydrogen (secondary N) is 3. The summed E-state index contributed by atoms with van der Waals surface area (Å²) in [6.45, 7) is 1.19. The molecule has 2 aliphatic heterocycles. The highest BCUT2D eigenvalue weighted by Gasteiger charge is 2.34. The lowest BCUT2D eigenvalue weighted by molar-refractivity contribution is -0.137. The van der Waals surface area contributed by atoms with E-state index in [2.05, 4.69) is 30.5 Å². The number of hydrogen-bond donors (Lipinski definition) is 3. The molecule has 1 saturated carbocycles. The molecule has 6 rings (SSSR count). The van der Waals surface area contributed by atoms with E-state index in [1.165, 1.54) is 23.4 Å². The van der Waals surface area contributed by atoms with Crippen molar-refractivity contribution >= 4 is 52.7 Å². The lowest BCUT2D eigenvalue weighted by Gasteiger charge is -2.21. The molecule has 1 aromatic carbocycles. The Morgan fingerprint density at radius 1 is 1.26 bits per heavy atom. The first kappa shape index (κ1) is 32.3. The topological polar surface area (TPSA) is 133 Å². The fraction of sp³-hybridized carbons (Fsp3) is 0.387. The number of likely N-dealkylation sites (N-methyl/N-ethyl adjacent to an activating group) is 1. The monoisotopic (exact) mass is 671 g/mol. The quantitative estimate of drug-likeness (QED) is 0.192. The highest BCUT2D eigenvalue weighted by atomic mass is 35.5. The highest BCUT2D eigenvalue weighted by molar-refractivity contribution is 6.36. The SMILES string of the molecule is CN(C(=O)C1CC1)C1=CN/C(=C(\C=N)Oc2cnc3nc(Nc4cc(OC[C@H]5CCCN5C)cc(C(F)(F)F)c4)n(C)c3c2Cl)C=N1. The van der Waals surface area contributed by atoms with Crippen molar-refractivity contribution in [1.29, 1.82) is 5.41 Å². The van der Waals surface area contributed by atoms with Gasteiger partial charge >= 0.3 is 6.18 Å². The number of likely N-dealkylation sites (tertiary alicyclic amines) is 1. The van der Waals surface area contributed by atoms with E-state index in [-0.39, 0.29) is 64.0 Å². The number of aromatic nitrogens is 3. The van der Waals surface area contributed by atoms with Crippen LogP contribution in [-0.4, -0.2) is 76.0 Å². The minimum Gasteiger partial charge on any atom is -0.492 e. The number of fused-ring (bicyclic) bond motifs is 1. The molecule has 3 N–H and O–H groups in total. The number of aryl methyl sites for hydroxylation is 1. The van der Waals surface area contributed by atoms with Crippen molar-refractivity contribution in [2.75, 3.05) is 32.6 Å². The molecule has 0 spiro atoms. The number of hydrogen-bond acceptors (Lipinski definition) is 10. The largest absolute Gasteiger partial charge is 0.492 e. The third-order valence-electron chi connectivity index (χ3n) is 8.31. The maximum Gasteiger partial charge on any atom is 0.416 e. The molecule has 248 valence electrons. The second-order valence-electron chi connectivity index (χ2n) is 11.7. The van der Waals surface area contributed by atoms with Crippen molar-refractivity contribution < 1.29 is 27.4 Å². The van der Waals surface area contributed by atoms with Crippen LogP contribution in [0.2, 0.25) is 5.02 Å². The second kappa shape index (κ2) is 12.9. The number of pyridine rings is 1. The molecule has 2 fully saturated rings. The summed E-state index contributed by atoms with van der Waals surface area (Å²) in [6.07, 6.45) is 4.38. The van der Waals surface area contributed by atoms with Gasteiger partial charge in [-0.2, -0.15) is 18.2 Å². The number of carbonyl (C=O) groups excluding carboxylic acids is 1. The molecule has 3 aromatic rings. The number of benzene rings is 1. The Morgan fingerprint density at radius 2 is 2.04 bits per heavy atom. The Hall–Kier alpha value is -4.63. The molecular weight excluding hydrogens is 639 g/mol. The first-order chi connectivity index (χ1) is 22.4. The van der Waals surface area contributed by atoms with Gasteiger partial charge in [-0.25, -0.2) is 9.98 Å². The van der Waals surface area contributed by atoms with Crippen LogP contribution in [0.1, 0.15) is 31.2 Å². The Kier molecular flexibility index (Phi) is 8.85. The Bertz CT molecular complexity index is 1820. The average Bonchev–Trinajstić information content (AvgIpc) is 3.75. The van der Waals surface area contributed by atoms with E-state index in [0.717, 1.165) is 50.6 Å². The van der Waals surface area contributed by atoms with Gasteiger partial charge in [0.25, 0.3) is 0 Å². The number of imidazole rings is 1. The number of anilines is 2. The van der Waals surface area contributed by atoms with Gasteiger partial charge in [0.2, 0.25) is 11.9 Å². The van der Waals surface area contributed by atoms with Crippen molar-refractivity contribution in [3.05, 3.63) is 58.5 Å². The number of nitrogens with zero attached hydrogens (tertiary/aromatic N) is 6. The number of carbonyl (C=O) groups is 1. The summed E-state index contributed by atoms with van der Waals surface area (Å²) in [5.74, 6) is 0.904. The molecule has 0 radical (unpaired) electrons. The zero-order chi connectivity index (χ0) is 33.5. The van der Waals surface area contributed by atoms with E-state index in [1.807, 2.05) is 7.05 Å². The molecule has 0 unspecified atom stereocenters. The summed E-state index contributed by atoms with van der Waals surface area (Å²) < 4.78 is 54.7. The minimum absolute atomic E-state index is 0.00321. The van der Waals surface area contributed by atoms with Crippen LogP contribution in [0.4, 0.5) is 24.8 Å². The number of rotatable bonds is 10. The van der Waals surface area contributed by atoms with Gasteiger partial charge in [-0.15, -0.1) is 0 Å². The van der Waals surface area contributed by atoms with Gasteiger partial charge in [-0.1, -0.05) is 11.6 Å². The van der Waals surface area contributed by atoms with Crippen molar-refractivity contribution in [1.82, 2.24) is 29.7 Å². The fourth-order valence-corrected chi connectivity index (χ4v) is 5.69. The van der Waals surface area contributed by atoms with E-state index >= 15 is 0 Å². The first-order valence-corrected chi connectivity index (χ1v) is 15.3. The van der Waals surface area contributed by atoms with E-state index in [9.17, 15) is 18.0 Å². The highest BCUT2D eigenvalue weighted by Crippen LogP contribution is 2.37. The Morgan fingerprint density at radius 3 is 2.68 bits per heavy atom. The molecule has 1 saturated heterocycles. The van der Waals surface area contributed by atoms with Gasteiger partial charge in [-0.05, 0) is 51.4 Å². The normalized spacial score (nSPS) is 19.3. The molecule has 0 bridgehead atoms. The number of allylic oxidation sites excluding steroid dienone is 2. The molecule has 1 amide bonds. The van der Waals surface area contributed by atoms with E-state index < -0.39 is 11.7 Å².